The minimum absolute atomic E-state index is 0. The molecule has 0 heterocycles. The Labute approximate surface area is 126 Å². The number of rotatable bonds is 4. The van der Waals surface area contributed by atoms with Gasteiger partial charge in [0.25, 0.3) is 0 Å². The van der Waals surface area contributed by atoms with E-state index in [0.29, 0.717) is 18.5 Å². The van der Waals surface area contributed by atoms with Crippen LogP contribution in [0.3, 0.4) is 0 Å². The number of hydrogen-bond donors (Lipinski definition) is 1. The lowest BCUT2D eigenvalue weighted by molar-refractivity contribution is 0.487. The molecule has 2 N–H and O–H groups in total. The van der Waals surface area contributed by atoms with Gasteiger partial charge in [0.1, 0.15) is 0 Å². The van der Waals surface area contributed by atoms with E-state index in [1.54, 1.807) is 0 Å². The summed E-state index contributed by atoms with van der Waals surface area (Å²) < 4.78 is 0. The zero-order valence-electron chi connectivity index (χ0n) is 11.1. The van der Waals surface area contributed by atoms with E-state index in [0.717, 1.165) is 6.42 Å². The molecule has 1 aliphatic carbocycles. The Balaban J connectivity index is 0.00000162. The molecule has 1 saturated carbocycles. The van der Waals surface area contributed by atoms with Gasteiger partial charge in [-0.05, 0) is 30.4 Å². The van der Waals surface area contributed by atoms with Crippen LogP contribution in [0.1, 0.15) is 30.9 Å². The van der Waals surface area contributed by atoms with Crippen LogP contribution >= 0.6 is 24.0 Å². The molecule has 0 spiro atoms. The van der Waals surface area contributed by atoms with Crippen molar-refractivity contribution in [2.75, 3.05) is 7.05 Å². The second kappa shape index (κ2) is 6.97. The number of nitrogens with two attached hydrogens (primary N) is 1. The molecule has 0 aliphatic heterocycles. The van der Waals surface area contributed by atoms with E-state index in [2.05, 4.69) is 41.1 Å². The Kier molecular flexibility index (Phi) is 5.91. The SMILES string of the molecule is CCc1ccccc1CN=C(N)N(C)C1CC1.I. The van der Waals surface area contributed by atoms with Crippen molar-refractivity contribution in [3.05, 3.63) is 35.4 Å². The molecule has 18 heavy (non-hydrogen) atoms. The van der Waals surface area contributed by atoms with Crippen molar-refractivity contribution in [3.8, 4) is 0 Å². The lowest BCUT2D eigenvalue weighted by Crippen LogP contribution is -2.35. The van der Waals surface area contributed by atoms with Gasteiger partial charge in [-0.25, -0.2) is 4.99 Å². The molecule has 0 atom stereocenters. The van der Waals surface area contributed by atoms with Gasteiger partial charge in [0.05, 0.1) is 6.54 Å². The second-order valence-corrected chi connectivity index (χ2v) is 4.64. The van der Waals surface area contributed by atoms with Gasteiger partial charge in [0.2, 0.25) is 0 Å². The molecule has 2 rings (SSSR count). The van der Waals surface area contributed by atoms with E-state index in [-0.39, 0.29) is 24.0 Å². The number of benzene rings is 1. The monoisotopic (exact) mass is 359 g/mol. The highest BCUT2D eigenvalue weighted by molar-refractivity contribution is 14.0. The number of halogens is 1. The van der Waals surface area contributed by atoms with Crippen molar-refractivity contribution < 1.29 is 0 Å². The van der Waals surface area contributed by atoms with E-state index in [1.807, 2.05) is 7.05 Å². The van der Waals surface area contributed by atoms with Crippen LogP contribution < -0.4 is 5.73 Å². The molecule has 0 bridgehead atoms. The Morgan fingerprint density at radius 3 is 2.50 bits per heavy atom. The molecule has 0 unspecified atom stereocenters. The van der Waals surface area contributed by atoms with Crippen LogP contribution in [-0.2, 0) is 13.0 Å². The van der Waals surface area contributed by atoms with Gasteiger partial charge in [0, 0.05) is 13.1 Å². The third-order valence-electron chi connectivity index (χ3n) is 3.37. The first kappa shape index (κ1) is 15.3. The van der Waals surface area contributed by atoms with Gasteiger partial charge < -0.3 is 10.6 Å². The normalized spacial score (nSPS) is 15.1. The molecular weight excluding hydrogens is 337 g/mol. The highest BCUT2D eigenvalue weighted by atomic mass is 127. The molecule has 0 amide bonds. The Bertz CT molecular complexity index is 413. The van der Waals surface area contributed by atoms with Crippen LogP contribution in [0.4, 0.5) is 0 Å². The summed E-state index contributed by atoms with van der Waals surface area (Å²) in [6, 6.07) is 9.05. The van der Waals surface area contributed by atoms with Gasteiger partial charge >= 0.3 is 0 Å². The van der Waals surface area contributed by atoms with Gasteiger partial charge in [-0.15, -0.1) is 24.0 Å². The van der Waals surface area contributed by atoms with Gasteiger partial charge in [-0.1, -0.05) is 31.2 Å². The van der Waals surface area contributed by atoms with E-state index in [1.165, 1.54) is 24.0 Å². The van der Waals surface area contributed by atoms with E-state index in [4.69, 9.17) is 5.73 Å². The summed E-state index contributed by atoms with van der Waals surface area (Å²) >= 11 is 0. The molecule has 4 heteroatoms. The third-order valence-corrected chi connectivity index (χ3v) is 3.37. The average molecular weight is 359 g/mol. The van der Waals surface area contributed by atoms with Crippen LogP contribution in [0.5, 0.6) is 0 Å². The molecule has 100 valence electrons. The lowest BCUT2D eigenvalue weighted by Gasteiger charge is -2.17. The lowest BCUT2D eigenvalue weighted by atomic mass is 10.1. The molecule has 0 aromatic heterocycles. The molecule has 3 nitrogen and oxygen atoms in total. The summed E-state index contributed by atoms with van der Waals surface area (Å²) in [4.78, 5) is 6.58. The van der Waals surface area contributed by atoms with Gasteiger partial charge in [-0.3, -0.25) is 0 Å². The Hall–Kier alpha value is -0.780. The molecule has 0 radical (unpaired) electrons. The van der Waals surface area contributed by atoms with Crippen molar-refractivity contribution in [2.24, 2.45) is 10.7 Å². The van der Waals surface area contributed by atoms with E-state index in [9.17, 15) is 0 Å². The molecule has 1 aliphatic rings. The fourth-order valence-corrected chi connectivity index (χ4v) is 1.98. The van der Waals surface area contributed by atoms with Crippen molar-refractivity contribution in [3.63, 3.8) is 0 Å². The number of guanidine groups is 1. The summed E-state index contributed by atoms with van der Waals surface area (Å²) in [6.45, 7) is 2.86. The fourth-order valence-electron chi connectivity index (χ4n) is 1.98. The summed E-state index contributed by atoms with van der Waals surface area (Å²) in [7, 11) is 2.03. The van der Waals surface area contributed by atoms with Crippen LogP contribution in [-0.4, -0.2) is 23.9 Å². The number of aliphatic imine (C=N–C) groups is 1. The van der Waals surface area contributed by atoms with Crippen LogP contribution in [0.2, 0.25) is 0 Å². The minimum Gasteiger partial charge on any atom is -0.370 e. The summed E-state index contributed by atoms with van der Waals surface area (Å²) in [6.07, 6.45) is 3.54. The maximum absolute atomic E-state index is 5.97. The highest BCUT2D eigenvalue weighted by Crippen LogP contribution is 2.25. The van der Waals surface area contributed by atoms with Crippen LogP contribution in [0, 0.1) is 0 Å². The quantitative estimate of drug-likeness (QED) is 0.510. The fraction of sp³-hybridized carbons (Fsp3) is 0.500. The van der Waals surface area contributed by atoms with Crippen LogP contribution in [0.25, 0.3) is 0 Å². The molecule has 1 aromatic rings. The zero-order chi connectivity index (χ0) is 12.3. The minimum atomic E-state index is 0. The predicted molar refractivity (Wildman–Crippen MR) is 87.3 cm³/mol. The van der Waals surface area contributed by atoms with Gasteiger partial charge in [-0.2, -0.15) is 0 Å². The topological polar surface area (TPSA) is 41.6 Å². The molecule has 0 saturated heterocycles. The first-order valence-electron chi connectivity index (χ1n) is 6.32. The third kappa shape index (κ3) is 3.86. The van der Waals surface area contributed by atoms with Crippen molar-refractivity contribution in [1.82, 2.24) is 4.90 Å². The van der Waals surface area contributed by atoms with E-state index < -0.39 is 0 Å². The Morgan fingerprint density at radius 1 is 1.33 bits per heavy atom. The predicted octanol–water partition coefficient (Wildman–Crippen LogP) is 2.78. The van der Waals surface area contributed by atoms with Crippen molar-refractivity contribution in [1.29, 1.82) is 0 Å². The van der Waals surface area contributed by atoms with Crippen molar-refractivity contribution in [2.45, 2.75) is 38.8 Å². The second-order valence-electron chi connectivity index (χ2n) is 4.64. The first-order chi connectivity index (χ1) is 8.22. The summed E-state index contributed by atoms with van der Waals surface area (Å²) in [5.41, 5.74) is 8.61. The average Bonchev–Trinajstić information content (AvgIpc) is 3.19. The molecular formula is C14H22IN3. The van der Waals surface area contributed by atoms with Gasteiger partial charge in [0.15, 0.2) is 5.96 Å². The summed E-state index contributed by atoms with van der Waals surface area (Å²) in [5, 5.41) is 0. The van der Waals surface area contributed by atoms with Crippen molar-refractivity contribution >= 4 is 29.9 Å². The largest absolute Gasteiger partial charge is 0.370 e. The highest BCUT2D eigenvalue weighted by Gasteiger charge is 2.27. The smallest absolute Gasteiger partial charge is 0.191 e. The number of hydrogen-bond acceptors (Lipinski definition) is 1. The number of nitrogens with zero attached hydrogens (tertiary/aromatic N) is 2. The molecule has 1 fully saturated rings. The maximum atomic E-state index is 5.97. The molecule has 1 aromatic carbocycles. The first-order valence-corrected chi connectivity index (χ1v) is 6.32. The van der Waals surface area contributed by atoms with Crippen LogP contribution in [0.15, 0.2) is 29.3 Å². The standard InChI is InChI=1S/C14H21N3.HI/c1-3-11-6-4-5-7-12(11)10-16-14(15)17(2)13-8-9-13;/h4-7,13H,3,8-10H2,1-2H3,(H2,15,16);1H. The Morgan fingerprint density at radius 2 is 1.94 bits per heavy atom. The maximum Gasteiger partial charge on any atom is 0.191 e. The number of aryl methyl sites for hydroxylation is 1. The van der Waals surface area contributed by atoms with E-state index >= 15 is 0 Å². The zero-order valence-corrected chi connectivity index (χ0v) is 13.4. The summed E-state index contributed by atoms with van der Waals surface area (Å²) in [5.74, 6) is 0.665.